The van der Waals surface area contributed by atoms with Crippen LogP contribution in [0, 0.1) is 5.41 Å². The predicted molar refractivity (Wildman–Crippen MR) is 87.3 cm³/mol. The van der Waals surface area contributed by atoms with E-state index < -0.39 is 0 Å². The molecule has 1 atom stereocenters. The normalized spacial score (nSPS) is 20.2. The molecule has 0 aliphatic heterocycles. The van der Waals surface area contributed by atoms with E-state index in [4.69, 9.17) is 0 Å². The summed E-state index contributed by atoms with van der Waals surface area (Å²) in [5.41, 5.74) is 1.85. The van der Waals surface area contributed by atoms with Crippen LogP contribution in [0.3, 0.4) is 0 Å². The fourth-order valence-corrected chi connectivity index (χ4v) is 5.94. The van der Waals surface area contributed by atoms with E-state index >= 15 is 0 Å². The molecule has 0 radical (unpaired) electrons. The highest BCUT2D eigenvalue weighted by molar-refractivity contribution is 9.12. The molecule has 1 aromatic heterocycles. The van der Waals surface area contributed by atoms with Crippen molar-refractivity contribution in [2.45, 2.75) is 52.0 Å². The van der Waals surface area contributed by atoms with Crippen LogP contribution in [-0.2, 0) is 0 Å². The van der Waals surface area contributed by atoms with Crippen LogP contribution in [0.1, 0.15) is 57.6 Å². The lowest BCUT2D eigenvalue weighted by molar-refractivity contribution is 0.223. The first kappa shape index (κ1) is 15.0. The Morgan fingerprint density at radius 3 is 2.56 bits per heavy atom. The maximum atomic E-state index is 3.78. The first-order valence-corrected chi connectivity index (χ1v) is 9.15. The molecule has 1 heterocycles. The predicted octanol–water partition coefficient (Wildman–Crippen LogP) is 5.89. The molecule has 1 saturated carbocycles. The SMILES string of the molecule is CCCNC(c1cc(Br)sc1Br)C1(C)CCCC1. The third-order valence-electron chi connectivity index (χ3n) is 4.04. The van der Waals surface area contributed by atoms with Crippen molar-refractivity contribution in [1.82, 2.24) is 5.32 Å². The van der Waals surface area contributed by atoms with Gasteiger partial charge in [0, 0.05) is 6.04 Å². The minimum absolute atomic E-state index is 0.415. The summed E-state index contributed by atoms with van der Waals surface area (Å²) < 4.78 is 2.49. The van der Waals surface area contributed by atoms with Gasteiger partial charge in [-0.05, 0) is 74.7 Å². The summed E-state index contributed by atoms with van der Waals surface area (Å²) in [7, 11) is 0. The molecule has 1 unspecified atom stereocenters. The lowest BCUT2D eigenvalue weighted by Gasteiger charge is -2.35. The van der Waals surface area contributed by atoms with Crippen molar-refractivity contribution >= 4 is 43.2 Å². The zero-order valence-electron chi connectivity index (χ0n) is 11.1. The van der Waals surface area contributed by atoms with E-state index in [1.54, 1.807) is 11.3 Å². The third kappa shape index (κ3) is 3.20. The van der Waals surface area contributed by atoms with Gasteiger partial charge in [0.1, 0.15) is 0 Å². The Bertz CT molecular complexity index is 396. The monoisotopic (exact) mass is 393 g/mol. The Hall–Kier alpha value is 0.620. The van der Waals surface area contributed by atoms with Gasteiger partial charge < -0.3 is 5.32 Å². The standard InChI is InChI=1S/C14H21Br2NS/c1-3-8-17-12(14(2)6-4-5-7-14)10-9-11(15)18-13(10)16/h9,12,17H,3-8H2,1-2H3. The van der Waals surface area contributed by atoms with Crippen LogP contribution in [0.4, 0.5) is 0 Å². The van der Waals surface area contributed by atoms with Crippen molar-refractivity contribution in [1.29, 1.82) is 0 Å². The van der Waals surface area contributed by atoms with Crippen LogP contribution in [-0.4, -0.2) is 6.54 Å². The molecule has 1 aliphatic rings. The van der Waals surface area contributed by atoms with Crippen molar-refractivity contribution in [3.8, 4) is 0 Å². The van der Waals surface area contributed by atoms with E-state index in [1.807, 2.05) is 0 Å². The molecule has 0 amide bonds. The van der Waals surface area contributed by atoms with Crippen LogP contribution >= 0.6 is 43.2 Å². The van der Waals surface area contributed by atoms with Gasteiger partial charge in [-0.3, -0.25) is 0 Å². The second kappa shape index (κ2) is 6.38. The fraction of sp³-hybridized carbons (Fsp3) is 0.714. The molecule has 18 heavy (non-hydrogen) atoms. The summed E-state index contributed by atoms with van der Waals surface area (Å²) in [5, 5.41) is 3.78. The molecule has 1 nitrogen and oxygen atoms in total. The molecule has 4 heteroatoms. The molecule has 0 aromatic carbocycles. The second-order valence-electron chi connectivity index (χ2n) is 5.53. The van der Waals surface area contributed by atoms with Crippen LogP contribution in [0.25, 0.3) is 0 Å². The second-order valence-corrected chi connectivity index (χ2v) is 9.28. The Morgan fingerprint density at radius 1 is 1.39 bits per heavy atom. The summed E-state index contributed by atoms with van der Waals surface area (Å²) in [4.78, 5) is 0. The largest absolute Gasteiger partial charge is 0.309 e. The van der Waals surface area contributed by atoms with Gasteiger partial charge in [-0.2, -0.15) is 0 Å². The molecule has 0 saturated heterocycles. The lowest BCUT2D eigenvalue weighted by atomic mass is 9.78. The van der Waals surface area contributed by atoms with E-state index in [0.29, 0.717) is 11.5 Å². The average Bonchev–Trinajstić information content (AvgIpc) is 2.87. The molecule has 1 fully saturated rings. The minimum atomic E-state index is 0.415. The van der Waals surface area contributed by atoms with Gasteiger partial charge in [0.15, 0.2) is 0 Å². The van der Waals surface area contributed by atoms with E-state index in [-0.39, 0.29) is 0 Å². The topological polar surface area (TPSA) is 12.0 Å². The quantitative estimate of drug-likeness (QED) is 0.655. The Kier molecular flexibility index (Phi) is 5.32. The smallest absolute Gasteiger partial charge is 0.0758 e. The maximum absolute atomic E-state index is 3.78. The first-order valence-electron chi connectivity index (χ1n) is 6.75. The molecule has 1 N–H and O–H groups in total. The van der Waals surface area contributed by atoms with Crippen molar-refractivity contribution in [3.05, 3.63) is 19.2 Å². The van der Waals surface area contributed by atoms with E-state index in [0.717, 1.165) is 6.54 Å². The van der Waals surface area contributed by atoms with Crippen LogP contribution in [0.5, 0.6) is 0 Å². The molecular formula is C14H21Br2NS. The Labute approximate surface area is 131 Å². The van der Waals surface area contributed by atoms with Crippen molar-refractivity contribution in [2.24, 2.45) is 5.41 Å². The number of hydrogen-bond acceptors (Lipinski definition) is 2. The van der Waals surface area contributed by atoms with Gasteiger partial charge in [-0.1, -0.05) is 26.7 Å². The van der Waals surface area contributed by atoms with Gasteiger partial charge in [0.05, 0.1) is 7.57 Å². The summed E-state index contributed by atoms with van der Waals surface area (Å²) in [5.74, 6) is 0. The van der Waals surface area contributed by atoms with Crippen LogP contribution < -0.4 is 5.32 Å². The summed E-state index contributed by atoms with van der Waals surface area (Å²) in [6, 6.07) is 2.77. The average molecular weight is 395 g/mol. The minimum Gasteiger partial charge on any atom is -0.309 e. The van der Waals surface area contributed by atoms with E-state index in [2.05, 4.69) is 57.1 Å². The van der Waals surface area contributed by atoms with Crippen molar-refractivity contribution in [3.63, 3.8) is 0 Å². The van der Waals surface area contributed by atoms with Gasteiger partial charge >= 0.3 is 0 Å². The van der Waals surface area contributed by atoms with Crippen LogP contribution in [0.2, 0.25) is 0 Å². The highest BCUT2D eigenvalue weighted by atomic mass is 79.9. The number of rotatable bonds is 5. The van der Waals surface area contributed by atoms with Crippen LogP contribution in [0.15, 0.2) is 13.6 Å². The Morgan fingerprint density at radius 2 is 2.06 bits per heavy atom. The van der Waals surface area contributed by atoms with Gasteiger partial charge in [0.2, 0.25) is 0 Å². The molecule has 2 rings (SSSR count). The van der Waals surface area contributed by atoms with Crippen molar-refractivity contribution < 1.29 is 0 Å². The molecule has 1 aromatic rings. The number of halogens is 2. The highest BCUT2D eigenvalue weighted by Gasteiger charge is 2.38. The number of nitrogens with one attached hydrogen (secondary N) is 1. The Balaban J connectivity index is 2.27. The maximum Gasteiger partial charge on any atom is 0.0758 e. The van der Waals surface area contributed by atoms with Gasteiger partial charge in [-0.25, -0.2) is 0 Å². The van der Waals surface area contributed by atoms with Gasteiger partial charge in [-0.15, -0.1) is 11.3 Å². The number of hydrogen-bond donors (Lipinski definition) is 1. The highest BCUT2D eigenvalue weighted by Crippen LogP contribution is 2.50. The van der Waals surface area contributed by atoms with E-state index in [1.165, 1.54) is 45.2 Å². The molecule has 102 valence electrons. The third-order valence-corrected chi connectivity index (χ3v) is 6.42. The molecule has 1 aliphatic carbocycles. The molecule has 0 spiro atoms. The molecule has 0 bridgehead atoms. The lowest BCUT2D eigenvalue weighted by Crippen LogP contribution is -2.34. The fourth-order valence-electron chi connectivity index (χ4n) is 3.04. The zero-order chi connectivity index (χ0) is 13.2. The summed E-state index contributed by atoms with van der Waals surface area (Å²) in [6.07, 6.45) is 6.63. The first-order chi connectivity index (χ1) is 8.57. The van der Waals surface area contributed by atoms with E-state index in [9.17, 15) is 0 Å². The van der Waals surface area contributed by atoms with Gasteiger partial charge in [0.25, 0.3) is 0 Å². The summed E-state index contributed by atoms with van der Waals surface area (Å²) in [6.45, 7) is 5.78. The summed E-state index contributed by atoms with van der Waals surface area (Å²) >= 11 is 9.12. The van der Waals surface area contributed by atoms with Crippen molar-refractivity contribution in [2.75, 3.05) is 6.54 Å². The molecular weight excluding hydrogens is 374 g/mol. The zero-order valence-corrected chi connectivity index (χ0v) is 15.1. The number of thiophene rings is 1.